The second-order valence-corrected chi connectivity index (χ2v) is 5.40. The minimum absolute atomic E-state index is 0.220. The van der Waals surface area contributed by atoms with Crippen LogP contribution in [0.5, 0.6) is 0 Å². The van der Waals surface area contributed by atoms with Crippen molar-refractivity contribution in [3.8, 4) is 0 Å². The molecular formula is C12H17NO3S. The Morgan fingerprint density at radius 3 is 3.06 bits per heavy atom. The number of thiazole rings is 1. The maximum atomic E-state index is 11.2. The van der Waals surface area contributed by atoms with Gasteiger partial charge in [0, 0.05) is 17.4 Å². The topological polar surface area (TPSA) is 59.4 Å². The summed E-state index contributed by atoms with van der Waals surface area (Å²) in [5.41, 5.74) is 0.244. The van der Waals surface area contributed by atoms with E-state index < -0.39 is 5.97 Å². The van der Waals surface area contributed by atoms with E-state index in [1.807, 2.05) is 0 Å². The van der Waals surface area contributed by atoms with Crippen molar-refractivity contribution in [1.29, 1.82) is 0 Å². The van der Waals surface area contributed by atoms with Crippen LogP contribution in [0.4, 0.5) is 0 Å². The lowest BCUT2D eigenvalue weighted by Crippen LogP contribution is -2.16. The number of carboxylic acid groups (broad SMARTS) is 1. The van der Waals surface area contributed by atoms with E-state index in [2.05, 4.69) is 11.9 Å². The Labute approximate surface area is 105 Å². The Morgan fingerprint density at radius 2 is 2.47 bits per heavy atom. The van der Waals surface area contributed by atoms with Gasteiger partial charge >= 0.3 is 5.97 Å². The molecule has 1 atom stereocenters. The molecule has 1 aliphatic heterocycles. The van der Waals surface area contributed by atoms with Crippen molar-refractivity contribution in [2.24, 2.45) is 0 Å². The molecule has 4 nitrogen and oxygen atoms in total. The fourth-order valence-electron chi connectivity index (χ4n) is 2.08. The van der Waals surface area contributed by atoms with Gasteiger partial charge in [0.2, 0.25) is 0 Å². The van der Waals surface area contributed by atoms with E-state index in [-0.39, 0.29) is 11.6 Å². The number of hydrogen-bond donors (Lipinski definition) is 1. The molecule has 0 amide bonds. The summed E-state index contributed by atoms with van der Waals surface area (Å²) < 4.78 is 5.43. The van der Waals surface area contributed by atoms with Gasteiger partial charge in [-0.2, -0.15) is 0 Å². The number of nitrogens with zero attached hydrogens (tertiary/aromatic N) is 1. The van der Waals surface area contributed by atoms with Gasteiger partial charge in [-0.1, -0.05) is 6.92 Å². The molecule has 94 valence electrons. The SMILES string of the molecule is CCCc1nc(C(=O)O)c(C2CCCOC2)s1. The largest absolute Gasteiger partial charge is 0.476 e. The Morgan fingerprint density at radius 1 is 1.65 bits per heavy atom. The molecule has 0 radical (unpaired) electrons. The zero-order valence-electron chi connectivity index (χ0n) is 9.94. The third kappa shape index (κ3) is 2.84. The molecule has 1 aromatic heterocycles. The fraction of sp³-hybridized carbons (Fsp3) is 0.667. The Hall–Kier alpha value is -0.940. The maximum absolute atomic E-state index is 11.2. The third-order valence-corrected chi connectivity index (χ3v) is 4.17. The van der Waals surface area contributed by atoms with Gasteiger partial charge in [-0.3, -0.25) is 0 Å². The Balaban J connectivity index is 2.26. The maximum Gasteiger partial charge on any atom is 0.355 e. The van der Waals surface area contributed by atoms with Crippen molar-refractivity contribution in [3.05, 3.63) is 15.6 Å². The molecule has 1 aromatic rings. The van der Waals surface area contributed by atoms with Crippen LogP contribution in [0.3, 0.4) is 0 Å². The Bertz CT molecular complexity index is 396. The molecule has 2 heterocycles. The number of carboxylic acids is 1. The second-order valence-electron chi connectivity index (χ2n) is 4.29. The van der Waals surface area contributed by atoms with Crippen molar-refractivity contribution in [1.82, 2.24) is 4.98 Å². The molecule has 17 heavy (non-hydrogen) atoms. The summed E-state index contributed by atoms with van der Waals surface area (Å²) in [6, 6.07) is 0. The number of ether oxygens (including phenoxy) is 1. The third-order valence-electron chi connectivity index (χ3n) is 2.90. The van der Waals surface area contributed by atoms with Crippen LogP contribution < -0.4 is 0 Å². The molecule has 1 saturated heterocycles. The van der Waals surface area contributed by atoms with E-state index in [9.17, 15) is 9.90 Å². The van der Waals surface area contributed by atoms with Crippen LogP contribution in [-0.2, 0) is 11.2 Å². The van der Waals surface area contributed by atoms with Crippen LogP contribution >= 0.6 is 11.3 Å². The highest BCUT2D eigenvalue weighted by Crippen LogP contribution is 2.33. The van der Waals surface area contributed by atoms with Gasteiger partial charge in [0.05, 0.1) is 11.6 Å². The summed E-state index contributed by atoms with van der Waals surface area (Å²) in [5, 5.41) is 10.1. The number of aromatic nitrogens is 1. The molecule has 1 N–H and O–H groups in total. The van der Waals surface area contributed by atoms with Gasteiger partial charge in [0.15, 0.2) is 5.69 Å². The molecule has 0 saturated carbocycles. The van der Waals surface area contributed by atoms with E-state index in [1.54, 1.807) is 11.3 Å². The number of rotatable bonds is 4. The van der Waals surface area contributed by atoms with Crippen molar-refractivity contribution >= 4 is 17.3 Å². The second kappa shape index (κ2) is 5.60. The summed E-state index contributed by atoms with van der Waals surface area (Å²) >= 11 is 1.55. The molecular weight excluding hydrogens is 238 g/mol. The lowest BCUT2D eigenvalue weighted by atomic mass is 9.99. The smallest absolute Gasteiger partial charge is 0.355 e. The monoisotopic (exact) mass is 255 g/mol. The predicted octanol–water partition coefficient (Wildman–Crippen LogP) is 2.69. The van der Waals surface area contributed by atoms with Gasteiger partial charge in [0.1, 0.15) is 0 Å². The van der Waals surface area contributed by atoms with Gasteiger partial charge in [-0.25, -0.2) is 9.78 Å². The normalized spacial score (nSPS) is 20.4. The molecule has 1 aliphatic rings. The zero-order valence-corrected chi connectivity index (χ0v) is 10.8. The minimum atomic E-state index is -0.913. The Kier molecular flexibility index (Phi) is 4.12. The van der Waals surface area contributed by atoms with Crippen LogP contribution in [0.1, 0.15) is 52.5 Å². The minimum Gasteiger partial charge on any atom is -0.476 e. The highest BCUT2D eigenvalue weighted by molar-refractivity contribution is 7.12. The first-order valence-electron chi connectivity index (χ1n) is 6.03. The van der Waals surface area contributed by atoms with E-state index in [0.29, 0.717) is 6.61 Å². The number of aryl methyl sites for hydroxylation is 1. The van der Waals surface area contributed by atoms with Gasteiger partial charge < -0.3 is 9.84 Å². The number of aromatic carboxylic acids is 1. The lowest BCUT2D eigenvalue weighted by Gasteiger charge is -2.20. The summed E-state index contributed by atoms with van der Waals surface area (Å²) in [6.45, 7) is 3.50. The quantitative estimate of drug-likeness (QED) is 0.898. The summed E-state index contributed by atoms with van der Waals surface area (Å²) in [7, 11) is 0. The first kappa shape index (κ1) is 12.5. The van der Waals surface area contributed by atoms with Crippen LogP contribution in [-0.4, -0.2) is 29.3 Å². The molecule has 0 spiro atoms. The molecule has 1 fully saturated rings. The van der Waals surface area contributed by atoms with E-state index in [0.717, 1.165) is 42.2 Å². The van der Waals surface area contributed by atoms with E-state index in [1.165, 1.54) is 0 Å². The number of carbonyl (C=O) groups is 1. The van der Waals surface area contributed by atoms with E-state index >= 15 is 0 Å². The average molecular weight is 255 g/mol. The van der Waals surface area contributed by atoms with Crippen molar-refractivity contribution in [2.75, 3.05) is 13.2 Å². The predicted molar refractivity (Wildman–Crippen MR) is 65.9 cm³/mol. The summed E-state index contributed by atoms with van der Waals surface area (Å²) in [4.78, 5) is 16.3. The first-order valence-corrected chi connectivity index (χ1v) is 6.84. The molecule has 0 aromatic carbocycles. The summed E-state index contributed by atoms with van der Waals surface area (Å²) in [5.74, 6) is -0.692. The van der Waals surface area contributed by atoms with Gasteiger partial charge in [-0.05, 0) is 25.7 Å². The van der Waals surface area contributed by atoms with Crippen molar-refractivity contribution in [2.45, 2.75) is 38.5 Å². The van der Waals surface area contributed by atoms with Crippen LogP contribution in [0.2, 0.25) is 0 Å². The zero-order chi connectivity index (χ0) is 12.3. The van der Waals surface area contributed by atoms with Crippen molar-refractivity contribution < 1.29 is 14.6 Å². The van der Waals surface area contributed by atoms with Crippen LogP contribution in [0, 0.1) is 0 Å². The molecule has 0 aliphatic carbocycles. The van der Waals surface area contributed by atoms with Crippen LogP contribution in [0.25, 0.3) is 0 Å². The van der Waals surface area contributed by atoms with Crippen LogP contribution in [0.15, 0.2) is 0 Å². The average Bonchev–Trinajstić information content (AvgIpc) is 2.75. The molecule has 2 rings (SSSR count). The number of hydrogen-bond acceptors (Lipinski definition) is 4. The van der Waals surface area contributed by atoms with Gasteiger partial charge in [0.25, 0.3) is 0 Å². The highest BCUT2D eigenvalue weighted by atomic mass is 32.1. The summed E-state index contributed by atoms with van der Waals surface area (Å²) in [6.07, 6.45) is 3.87. The standard InChI is InChI=1S/C12H17NO3S/c1-2-4-9-13-10(12(14)15)11(17-9)8-5-3-6-16-7-8/h8H,2-7H2,1H3,(H,14,15). The first-order chi connectivity index (χ1) is 8.22. The van der Waals surface area contributed by atoms with Gasteiger partial charge in [-0.15, -0.1) is 11.3 Å². The van der Waals surface area contributed by atoms with E-state index in [4.69, 9.17) is 4.74 Å². The van der Waals surface area contributed by atoms with Crippen molar-refractivity contribution in [3.63, 3.8) is 0 Å². The highest BCUT2D eigenvalue weighted by Gasteiger charge is 2.26. The molecule has 5 heteroatoms. The lowest BCUT2D eigenvalue weighted by molar-refractivity contribution is 0.0676. The fourth-order valence-corrected chi connectivity index (χ4v) is 3.36. The molecule has 1 unspecified atom stereocenters. The molecule has 0 bridgehead atoms.